The Labute approximate surface area is 166 Å². The molecule has 0 radical (unpaired) electrons. The van der Waals surface area contributed by atoms with E-state index in [-0.39, 0.29) is 27.4 Å². The average Bonchev–Trinajstić information content (AvgIpc) is 2.56. The van der Waals surface area contributed by atoms with Gasteiger partial charge in [-0.25, -0.2) is 19.2 Å². The molecular weight excluding hydrogens is 396 g/mol. The fourth-order valence-electron chi connectivity index (χ4n) is 3.71. The third kappa shape index (κ3) is 3.87. The lowest BCUT2D eigenvalue weighted by molar-refractivity contribution is 0.0400. The van der Waals surface area contributed by atoms with Gasteiger partial charge in [-0.15, -0.1) is 0 Å². The van der Waals surface area contributed by atoms with Gasteiger partial charge in [0, 0.05) is 12.7 Å². The third-order valence-corrected chi connectivity index (χ3v) is 5.03. The van der Waals surface area contributed by atoms with Crippen molar-refractivity contribution in [1.82, 2.24) is 15.0 Å². The molecule has 10 heteroatoms. The summed E-state index contributed by atoms with van der Waals surface area (Å²) in [6.07, 6.45) is 1.55. The molecular formula is C17H20Cl2FN5O2. The Morgan fingerprint density at radius 3 is 2.70 bits per heavy atom. The minimum Gasteiger partial charge on any atom is -0.444 e. The van der Waals surface area contributed by atoms with Crippen molar-refractivity contribution in [2.45, 2.75) is 45.8 Å². The predicted octanol–water partition coefficient (Wildman–Crippen LogP) is 3.95. The maximum atomic E-state index is 14.5. The number of pyridine rings is 1. The number of anilines is 1. The standard InChI is InChI=1S/C17H20Cl2FN5O2/c1-17(2,3)12-9(27-16(21)26)5-4-6-25(12)14-8-7-22-13(18)10(20)11(8)23-15(19)24-14/h7,9,12H,4-6H2,1-3H3,(H2,21,26)/t9?,12-/m0/s1. The number of hydrogen-bond acceptors (Lipinski definition) is 6. The molecule has 3 rings (SSSR count). The van der Waals surface area contributed by atoms with Gasteiger partial charge in [0.2, 0.25) is 5.28 Å². The normalized spacial score (nSPS) is 20.7. The Morgan fingerprint density at radius 2 is 2.07 bits per heavy atom. The van der Waals surface area contributed by atoms with E-state index in [2.05, 4.69) is 15.0 Å². The van der Waals surface area contributed by atoms with Crippen molar-refractivity contribution in [3.05, 3.63) is 22.5 Å². The molecule has 2 aromatic rings. The van der Waals surface area contributed by atoms with Gasteiger partial charge < -0.3 is 15.4 Å². The van der Waals surface area contributed by atoms with Gasteiger partial charge in [-0.1, -0.05) is 32.4 Å². The van der Waals surface area contributed by atoms with Crippen LogP contribution in [0, 0.1) is 11.2 Å². The van der Waals surface area contributed by atoms with Crippen molar-refractivity contribution in [1.29, 1.82) is 0 Å². The maximum Gasteiger partial charge on any atom is 0.404 e. The van der Waals surface area contributed by atoms with Crippen molar-refractivity contribution in [3.63, 3.8) is 0 Å². The molecule has 0 aliphatic carbocycles. The van der Waals surface area contributed by atoms with Gasteiger partial charge >= 0.3 is 6.09 Å². The van der Waals surface area contributed by atoms with Gasteiger partial charge in [0.05, 0.1) is 11.4 Å². The van der Waals surface area contributed by atoms with Crippen LogP contribution < -0.4 is 10.6 Å². The third-order valence-electron chi connectivity index (χ3n) is 4.60. The second kappa shape index (κ2) is 7.24. The summed E-state index contributed by atoms with van der Waals surface area (Å²) in [6.45, 7) is 6.68. The number of ether oxygens (including phenoxy) is 1. The summed E-state index contributed by atoms with van der Waals surface area (Å²) in [5, 5.41) is -0.0104. The van der Waals surface area contributed by atoms with E-state index >= 15 is 0 Å². The van der Waals surface area contributed by atoms with Crippen LogP contribution in [0.25, 0.3) is 10.9 Å². The number of aromatic nitrogens is 3. The lowest BCUT2D eigenvalue weighted by Gasteiger charge is -2.47. The van der Waals surface area contributed by atoms with Crippen molar-refractivity contribution in [2.24, 2.45) is 11.1 Å². The van der Waals surface area contributed by atoms with Gasteiger partial charge in [-0.2, -0.15) is 4.98 Å². The highest BCUT2D eigenvalue weighted by atomic mass is 35.5. The molecule has 2 aromatic heterocycles. The number of fused-ring (bicyclic) bond motifs is 1. The molecule has 1 aliphatic rings. The Balaban J connectivity index is 2.18. The second-order valence-corrected chi connectivity index (χ2v) is 8.26. The van der Waals surface area contributed by atoms with Crippen LogP contribution in [0.5, 0.6) is 0 Å². The first-order chi connectivity index (χ1) is 12.6. The van der Waals surface area contributed by atoms with E-state index in [9.17, 15) is 9.18 Å². The van der Waals surface area contributed by atoms with Gasteiger partial charge in [0.25, 0.3) is 0 Å². The number of nitrogens with two attached hydrogens (primary N) is 1. The average molecular weight is 416 g/mol. The van der Waals surface area contributed by atoms with Crippen LogP contribution in [0.4, 0.5) is 15.0 Å². The number of primary amides is 1. The van der Waals surface area contributed by atoms with E-state index in [1.807, 2.05) is 25.7 Å². The number of piperidine rings is 1. The highest BCUT2D eigenvalue weighted by Gasteiger charge is 2.42. The molecule has 2 N–H and O–H groups in total. The predicted molar refractivity (Wildman–Crippen MR) is 102 cm³/mol. The van der Waals surface area contributed by atoms with E-state index in [4.69, 9.17) is 33.7 Å². The van der Waals surface area contributed by atoms with Crippen LogP contribution in [0.3, 0.4) is 0 Å². The largest absolute Gasteiger partial charge is 0.444 e. The van der Waals surface area contributed by atoms with Crippen LogP contribution in [0.2, 0.25) is 10.4 Å². The van der Waals surface area contributed by atoms with Gasteiger partial charge in [0.15, 0.2) is 11.0 Å². The summed E-state index contributed by atoms with van der Waals surface area (Å²) in [6, 6.07) is -0.258. The lowest BCUT2D eigenvalue weighted by Crippen LogP contribution is -2.57. The van der Waals surface area contributed by atoms with Crippen molar-refractivity contribution in [3.8, 4) is 0 Å². The van der Waals surface area contributed by atoms with Crippen LogP contribution in [-0.2, 0) is 4.74 Å². The quantitative estimate of drug-likeness (QED) is 0.589. The van der Waals surface area contributed by atoms with Gasteiger partial charge in [-0.3, -0.25) is 0 Å². The van der Waals surface area contributed by atoms with Crippen LogP contribution in [-0.4, -0.2) is 39.7 Å². The Hall–Kier alpha value is -1.93. The second-order valence-electron chi connectivity index (χ2n) is 7.56. The first kappa shape index (κ1) is 19.8. The van der Waals surface area contributed by atoms with E-state index in [0.717, 1.165) is 6.42 Å². The Kier molecular flexibility index (Phi) is 5.31. The van der Waals surface area contributed by atoms with E-state index in [1.165, 1.54) is 6.20 Å². The number of carbonyl (C=O) groups is 1. The number of carbonyl (C=O) groups excluding carboxylic acids is 1. The summed E-state index contributed by atoms with van der Waals surface area (Å²) < 4.78 is 19.8. The smallest absolute Gasteiger partial charge is 0.404 e. The highest BCUT2D eigenvalue weighted by molar-refractivity contribution is 6.30. The van der Waals surface area contributed by atoms with Crippen molar-refractivity contribution < 1.29 is 13.9 Å². The van der Waals surface area contributed by atoms with Crippen LogP contribution >= 0.6 is 23.2 Å². The monoisotopic (exact) mass is 415 g/mol. The van der Waals surface area contributed by atoms with Crippen LogP contribution in [0.1, 0.15) is 33.6 Å². The zero-order chi connectivity index (χ0) is 19.9. The number of hydrogen-bond donors (Lipinski definition) is 1. The fourth-order valence-corrected chi connectivity index (χ4v) is 4.01. The zero-order valence-corrected chi connectivity index (χ0v) is 16.7. The molecule has 0 bridgehead atoms. The minimum atomic E-state index is -0.832. The number of rotatable bonds is 2. The number of amides is 1. The topological polar surface area (TPSA) is 94.2 Å². The van der Waals surface area contributed by atoms with Crippen molar-refractivity contribution >= 4 is 46.0 Å². The fraction of sp³-hybridized carbons (Fsp3) is 0.529. The molecule has 1 saturated heterocycles. The number of nitrogens with zero attached hydrogens (tertiary/aromatic N) is 4. The van der Waals surface area contributed by atoms with Crippen LogP contribution in [0.15, 0.2) is 6.20 Å². The lowest BCUT2D eigenvalue weighted by atomic mass is 9.78. The highest BCUT2D eigenvalue weighted by Crippen LogP contribution is 2.39. The minimum absolute atomic E-state index is 0.00407. The molecule has 1 fully saturated rings. The van der Waals surface area contributed by atoms with E-state index < -0.39 is 18.0 Å². The summed E-state index contributed by atoms with van der Waals surface area (Å²) in [4.78, 5) is 25.5. The zero-order valence-electron chi connectivity index (χ0n) is 15.2. The molecule has 27 heavy (non-hydrogen) atoms. The van der Waals surface area contributed by atoms with Crippen molar-refractivity contribution in [2.75, 3.05) is 11.4 Å². The van der Waals surface area contributed by atoms with E-state index in [1.54, 1.807) is 0 Å². The molecule has 0 saturated carbocycles. The summed E-state index contributed by atoms with van der Waals surface area (Å²) in [5.74, 6) is -0.334. The molecule has 2 atom stereocenters. The Morgan fingerprint density at radius 1 is 1.37 bits per heavy atom. The molecule has 1 aliphatic heterocycles. The molecule has 0 spiro atoms. The first-order valence-corrected chi connectivity index (χ1v) is 9.25. The Bertz CT molecular complexity index is 890. The van der Waals surface area contributed by atoms with E-state index in [0.29, 0.717) is 24.2 Å². The van der Waals surface area contributed by atoms with Gasteiger partial charge in [-0.05, 0) is 29.9 Å². The number of halogens is 3. The molecule has 0 aromatic carbocycles. The molecule has 3 heterocycles. The molecule has 1 unspecified atom stereocenters. The summed E-state index contributed by atoms with van der Waals surface area (Å²) in [5.41, 5.74) is 4.96. The SMILES string of the molecule is CC(C)(C)[C@@H]1C(OC(N)=O)CCCN1c1nc(Cl)nc2c(F)c(Cl)ncc12. The summed E-state index contributed by atoms with van der Waals surface area (Å²) >= 11 is 11.9. The molecule has 146 valence electrons. The molecule has 7 nitrogen and oxygen atoms in total. The first-order valence-electron chi connectivity index (χ1n) is 8.49. The maximum absolute atomic E-state index is 14.5. The van der Waals surface area contributed by atoms with Gasteiger partial charge in [0.1, 0.15) is 17.4 Å². The molecule has 1 amide bonds. The summed E-state index contributed by atoms with van der Waals surface area (Å²) in [7, 11) is 0.